The van der Waals surface area contributed by atoms with E-state index in [1.807, 2.05) is 11.8 Å². The van der Waals surface area contributed by atoms with Gasteiger partial charge in [-0.05, 0) is 30.4 Å². The van der Waals surface area contributed by atoms with E-state index < -0.39 is 0 Å². The van der Waals surface area contributed by atoms with Crippen molar-refractivity contribution >= 4 is 17.2 Å². The average Bonchev–Trinajstić information content (AvgIpc) is 2.72. The molecule has 0 atom stereocenters. The van der Waals surface area contributed by atoms with Crippen LogP contribution in [-0.2, 0) is 22.5 Å². The molecule has 0 radical (unpaired) electrons. The van der Waals surface area contributed by atoms with Crippen LogP contribution in [0.5, 0.6) is 0 Å². The van der Waals surface area contributed by atoms with Crippen molar-refractivity contribution in [2.24, 2.45) is 0 Å². The van der Waals surface area contributed by atoms with Gasteiger partial charge >= 0.3 is 0 Å². The van der Waals surface area contributed by atoms with Gasteiger partial charge in [0.25, 0.3) is 0 Å². The molecule has 82 valence electrons. The zero-order chi connectivity index (χ0) is 10.7. The molecule has 0 saturated carbocycles. The third-order valence-corrected chi connectivity index (χ3v) is 3.61. The van der Waals surface area contributed by atoms with Crippen molar-refractivity contribution in [3.05, 3.63) is 21.9 Å². The molecule has 0 aliphatic carbocycles. The minimum atomic E-state index is 0.105. The van der Waals surface area contributed by atoms with Gasteiger partial charge in [0.2, 0.25) is 5.91 Å². The van der Waals surface area contributed by atoms with Gasteiger partial charge in [-0.2, -0.15) is 0 Å². The molecule has 2 rings (SSSR count). The van der Waals surface area contributed by atoms with Gasteiger partial charge in [0.05, 0.1) is 0 Å². The molecule has 0 saturated heterocycles. The van der Waals surface area contributed by atoms with Crippen molar-refractivity contribution < 1.29 is 9.53 Å². The number of nitrogens with zero attached hydrogens (tertiary/aromatic N) is 1. The van der Waals surface area contributed by atoms with E-state index in [-0.39, 0.29) is 12.5 Å². The topological polar surface area (TPSA) is 29.5 Å². The summed E-state index contributed by atoms with van der Waals surface area (Å²) in [6.07, 6.45) is 0.991. The van der Waals surface area contributed by atoms with Crippen LogP contribution in [0.3, 0.4) is 0 Å². The largest absolute Gasteiger partial charge is 0.372 e. The van der Waals surface area contributed by atoms with E-state index in [2.05, 4.69) is 11.4 Å². The first-order valence-corrected chi connectivity index (χ1v) is 6.10. The highest BCUT2D eigenvalue weighted by molar-refractivity contribution is 7.10. The van der Waals surface area contributed by atoms with Crippen LogP contribution >= 0.6 is 11.3 Å². The van der Waals surface area contributed by atoms with Gasteiger partial charge in [-0.3, -0.25) is 4.79 Å². The van der Waals surface area contributed by atoms with E-state index in [1.54, 1.807) is 11.3 Å². The molecule has 1 aliphatic rings. The number of hydrogen-bond acceptors (Lipinski definition) is 3. The highest BCUT2D eigenvalue weighted by Crippen LogP contribution is 2.23. The van der Waals surface area contributed by atoms with Crippen molar-refractivity contribution in [2.45, 2.75) is 19.9 Å². The molecule has 0 bridgehead atoms. The van der Waals surface area contributed by atoms with Crippen molar-refractivity contribution in [3.63, 3.8) is 0 Å². The molecule has 4 heteroatoms. The van der Waals surface area contributed by atoms with Crippen LogP contribution in [0.4, 0.5) is 0 Å². The Hall–Kier alpha value is -0.870. The van der Waals surface area contributed by atoms with Gasteiger partial charge in [0.15, 0.2) is 0 Å². The van der Waals surface area contributed by atoms with E-state index in [9.17, 15) is 4.79 Å². The van der Waals surface area contributed by atoms with Crippen LogP contribution in [0.1, 0.15) is 17.4 Å². The van der Waals surface area contributed by atoms with Gasteiger partial charge in [-0.1, -0.05) is 0 Å². The summed E-state index contributed by atoms with van der Waals surface area (Å²) in [5.41, 5.74) is 1.30. The summed E-state index contributed by atoms with van der Waals surface area (Å²) in [6.45, 7) is 4.31. The van der Waals surface area contributed by atoms with Gasteiger partial charge in [0, 0.05) is 24.6 Å². The van der Waals surface area contributed by atoms with Crippen molar-refractivity contribution in [2.75, 3.05) is 19.8 Å². The first kappa shape index (κ1) is 10.6. The molecule has 0 aromatic carbocycles. The molecule has 1 aromatic heterocycles. The lowest BCUT2D eigenvalue weighted by Gasteiger charge is -2.26. The monoisotopic (exact) mass is 225 g/mol. The zero-order valence-corrected chi connectivity index (χ0v) is 9.68. The van der Waals surface area contributed by atoms with Crippen LogP contribution in [0.25, 0.3) is 0 Å². The predicted octanol–water partition coefficient (Wildman–Crippen LogP) is 1.67. The molecule has 1 aromatic rings. The molecule has 0 fully saturated rings. The van der Waals surface area contributed by atoms with Crippen LogP contribution in [0, 0.1) is 0 Å². The fourth-order valence-electron chi connectivity index (χ4n) is 1.74. The summed E-state index contributed by atoms with van der Waals surface area (Å²) in [5, 5.41) is 2.10. The maximum atomic E-state index is 11.7. The SMILES string of the molecule is CCOCC(=O)N1CCc2sccc2C1. The van der Waals surface area contributed by atoms with Crippen LogP contribution in [0.15, 0.2) is 11.4 Å². The molecule has 1 amide bonds. The molecule has 1 aliphatic heterocycles. The van der Waals surface area contributed by atoms with Crippen LogP contribution in [-0.4, -0.2) is 30.6 Å². The third-order valence-electron chi connectivity index (χ3n) is 2.59. The number of amides is 1. The van der Waals surface area contributed by atoms with Crippen molar-refractivity contribution in [1.82, 2.24) is 4.90 Å². The molecule has 0 N–H and O–H groups in total. The van der Waals surface area contributed by atoms with E-state index in [4.69, 9.17) is 4.74 Å². The molecular weight excluding hydrogens is 210 g/mol. The first-order valence-electron chi connectivity index (χ1n) is 5.22. The fourth-order valence-corrected chi connectivity index (χ4v) is 2.63. The average molecular weight is 225 g/mol. The Bertz CT molecular complexity index is 348. The molecular formula is C11H15NO2S. The number of ether oxygens (including phenoxy) is 1. The normalized spacial score (nSPS) is 15.1. The number of thiophene rings is 1. The second-order valence-electron chi connectivity index (χ2n) is 3.57. The van der Waals surface area contributed by atoms with Crippen LogP contribution in [0.2, 0.25) is 0 Å². The molecule has 3 nitrogen and oxygen atoms in total. The Balaban J connectivity index is 1.94. The Morgan fingerprint density at radius 2 is 2.53 bits per heavy atom. The molecule has 0 spiro atoms. The maximum Gasteiger partial charge on any atom is 0.248 e. The highest BCUT2D eigenvalue weighted by Gasteiger charge is 2.20. The molecule has 0 unspecified atom stereocenters. The van der Waals surface area contributed by atoms with Gasteiger partial charge in [-0.25, -0.2) is 0 Å². The summed E-state index contributed by atoms with van der Waals surface area (Å²) >= 11 is 1.79. The number of rotatable bonds is 3. The first-order chi connectivity index (χ1) is 7.31. The Morgan fingerprint density at radius 1 is 1.67 bits per heavy atom. The number of hydrogen-bond donors (Lipinski definition) is 0. The lowest BCUT2D eigenvalue weighted by atomic mass is 10.1. The molecule has 15 heavy (non-hydrogen) atoms. The van der Waals surface area contributed by atoms with Crippen molar-refractivity contribution in [3.8, 4) is 0 Å². The quantitative estimate of drug-likeness (QED) is 0.783. The predicted molar refractivity (Wildman–Crippen MR) is 59.9 cm³/mol. The van der Waals surface area contributed by atoms with Gasteiger partial charge in [-0.15, -0.1) is 11.3 Å². The molecule has 2 heterocycles. The number of carbonyl (C=O) groups is 1. The van der Waals surface area contributed by atoms with E-state index in [1.165, 1.54) is 10.4 Å². The lowest BCUT2D eigenvalue weighted by Crippen LogP contribution is -2.37. The Labute approximate surface area is 93.7 Å². The summed E-state index contributed by atoms with van der Waals surface area (Å²) in [4.78, 5) is 15.0. The van der Waals surface area contributed by atoms with Crippen molar-refractivity contribution in [1.29, 1.82) is 0 Å². The maximum absolute atomic E-state index is 11.7. The van der Waals surface area contributed by atoms with Crippen LogP contribution < -0.4 is 0 Å². The standard InChI is InChI=1S/C11H15NO2S/c1-2-14-8-11(13)12-5-3-10-9(7-12)4-6-15-10/h4,6H,2-3,5,7-8H2,1H3. The minimum Gasteiger partial charge on any atom is -0.372 e. The minimum absolute atomic E-state index is 0.105. The number of fused-ring (bicyclic) bond motifs is 1. The fraction of sp³-hybridized carbons (Fsp3) is 0.545. The second kappa shape index (κ2) is 4.77. The zero-order valence-electron chi connectivity index (χ0n) is 8.86. The Morgan fingerprint density at radius 3 is 3.33 bits per heavy atom. The lowest BCUT2D eigenvalue weighted by molar-refractivity contribution is -0.136. The summed E-state index contributed by atoms with van der Waals surface area (Å²) in [5.74, 6) is 0.105. The smallest absolute Gasteiger partial charge is 0.248 e. The van der Waals surface area contributed by atoms with E-state index in [0.29, 0.717) is 6.61 Å². The summed E-state index contributed by atoms with van der Waals surface area (Å²) in [7, 11) is 0. The summed E-state index contributed by atoms with van der Waals surface area (Å²) < 4.78 is 5.13. The van der Waals surface area contributed by atoms with Gasteiger partial charge in [0.1, 0.15) is 6.61 Å². The number of carbonyl (C=O) groups excluding carboxylic acids is 1. The van der Waals surface area contributed by atoms with E-state index >= 15 is 0 Å². The van der Waals surface area contributed by atoms with Gasteiger partial charge < -0.3 is 9.64 Å². The second-order valence-corrected chi connectivity index (χ2v) is 4.57. The van der Waals surface area contributed by atoms with E-state index in [0.717, 1.165) is 19.5 Å². The third kappa shape index (κ3) is 2.38. The Kier molecular flexibility index (Phi) is 3.38. The summed E-state index contributed by atoms with van der Waals surface area (Å²) in [6, 6.07) is 2.11. The highest BCUT2D eigenvalue weighted by atomic mass is 32.1.